The maximum Gasteiger partial charge on any atom is 0.179 e. The van der Waals surface area contributed by atoms with Crippen LogP contribution in [0.15, 0.2) is 33.6 Å². The van der Waals surface area contributed by atoms with Crippen molar-refractivity contribution in [1.82, 2.24) is 0 Å². The van der Waals surface area contributed by atoms with Crippen molar-refractivity contribution in [2.45, 2.75) is 11.3 Å². The van der Waals surface area contributed by atoms with Crippen LogP contribution in [0, 0.1) is 11.3 Å². The van der Waals surface area contributed by atoms with Crippen molar-refractivity contribution in [3.8, 4) is 6.07 Å². The Morgan fingerprint density at radius 2 is 1.86 bits per heavy atom. The van der Waals surface area contributed by atoms with Crippen LogP contribution in [0.25, 0.3) is 0 Å². The summed E-state index contributed by atoms with van der Waals surface area (Å²) in [7, 11) is -3.28. The zero-order chi connectivity index (χ0) is 10.6. The molecule has 0 saturated heterocycles. The highest BCUT2D eigenvalue weighted by Gasteiger charge is 2.12. The second kappa shape index (κ2) is 4.58. The van der Waals surface area contributed by atoms with Crippen LogP contribution in [0.4, 0.5) is 0 Å². The lowest BCUT2D eigenvalue weighted by Gasteiger charge is -2.01. The summed E-state index contributed by atoms with van der Waals surface area (Å²) in [5.74, 6) is -0.120. The smallest absolute Gasteiger partial charge is 0.179 e. The summed E-state index contributed by atoms with van der Waals surface area (Å²) in [4.78, 5) is 0.260. The van der Waals surface area contributed by atoms with Gasteiger partial charge in [0.05, 0.1) is 16.7 Å². The van der Waals surface area contributed by atoms with Gasteiger partial charge in [0, 0.05) is 10.9 Å². The summed E-state index contributed by atoms with van der Waals surface area (Å²) in [6.07, 6.45) is 0.0262. The molecule has 0 unspecified atom stereocenters. The van der Waals surface area contributed by atoms with Gasteiger partial charge in [-0.05, 0) is 24.3 Å². The second-order valence-corrected chi connectivity index (χ2v) is 5.71. The van der Waals surface area contributed by atoms with Crippen LogP contribution in [-0.4, -0.2) is 14.2 Å². The Kier molecular flexibility index (Phi) is 3.67. The van der Waals surface area contributed by atoms with Crippen LogP contribution in [-0.2, 0) is 9.84 Å². The molecular formula is C9H8BrNO2S. The van der Waals surface area contributed by atoms with Crippen LogP contribution in [0.5, 0.6) is 0 Å². The summed E-state index contributed by atoms with van der Waals surface area (Å²) < 4.78 is 23.9. The zero-order valence-corrected chi connectivity index (χ0v) is 9.68. The molecule has 3 nitrogen and oxygen atoms in total. The third-order valence-corrected chi connectivity index (χ3v) is 3.92. The quantitative estimate of drug-likeness (QED) is 0.848. The van der Waals surface area contributed by atoms with Crippen molar-refractivity contribution in [2.75, 3.05) is 5.75 Å². The Bertz CT molecular complexity index is 445. The lowest BCUT2D eigenvalue weighted by Crippen LogP contribution is -2.05. The third kappa shape index (κ3) is 2.82. The van der Waals surface area contributed by atoms with E-state index in [1.54, 1.807) is 12.1 Å². The van der Waals surface area contributed by atoms with Gasteiger partial charge >= 0.3 is 0 Å². The van der Waals surface area contributed by atoms with Gasteiger partial charge in [0.1, 0.15) is 0 Å². The number of sulfone groups is 1. The highest BCUT2D eigenvalue weighted by molar-refractivity contribution is 9.10. The van der Waals surface area contributed by atoms with E-state index in [1.807, 2.05) is 6.07 Å². The van der Waals surface area contributed by atoms with E-state index in [0.717, 1.165) is 4.47 Å². The SMILES string of the molecule is N#CCCS(=O)(=O)c1ccc(Br)cc1. The summed E-state index contributed by atoms with van der Waals surface area (Å²) in [6, 6.07) is 8.20. The first-order valence-electron chi connectivity index (χ1n) is 3.91. The van der Waals surface area contributed by atoms with Crippen LogP contribution in [0.3, 0.4) is 0 Å². The molecule has 0 atom stereocenters. The molecule has 0 aliphatic carbocycles. The zero-order valence-electron chi connectivity index (χ0n) is 7.27. The first kappa shape index (κ1) is 11.2. The van der Waals surface area contributed by atoms with Crippen molar-refractivity contribution in [1.29, 1.82) is 5.26 Å². The number of nitrogens with zero attached hydrogens (tertiary/aromatic N) is 1. The molecule has 0 aliphatic heterocycles. The highest BCUT2D eigenvalue weighted by Crippen LogP contribution is 2.16. The fraction of sp³-hybridized carbons (Fsp3) is 0.222. The van der Waals surface area contributed by atoms with Crippen molar-refractivity contribution >= 4 is 25.8 Å². The molecule has 0 fully saturated rings. The van der Waals surface area contributed by atoms with Crippen molar-refractivity contribution < 1.29 is 8.42 Å². The lowest BCUT2D eigenvalue weighted by molar-refractivity contribution is 0.596. The monoisotopic (exact) mass is 273 g/mol. The number of hydrogen-bond donors (Lipinski definition) is 0. The van der Waals surface area contributed by atoms with E-state index in [-0.39, 0.29) is 17.1 Å². The number of nitriles is 1. The van der Waals surface area contributed by atoms with Gasteiger partial charge in [0.2, 0.25) is 0 Å². The molecule has 0 N–H and O–H groups in total. The van der Waals surface area contributed by atoms with Crippen molar-refractivity contribution in [3.05, 3.63) is 28.7 Å². The van der Waals surface area contributed by atoms with Gasteiger partial charge < -0.3 is 0 Å². The second-order valence-electron chi connectivity index (χ2n) is 2.68. The molecule has 14 heavy (non-hydrogen) atoms. The Hall–Kier alpha value is -0.860. The summed E-state index contributed by atoms with van der Waals surface area (Å²) in [5.41, 5.74) is 0. The van der Waals surface area contributed by atoms with Crippen molar-refractivity contribution in [3.63, 3.8) is 0 Å². The highest BCUT2D eigenvalue weighted by atomic mass is 79.9. The molecule has 1 rings (SSSR count). The fourth-order valence-electron chi connectivity index (χ4n) is 0.940. The minimum atomic E-state index is -3.28. The van der Waals surface area contributed by atoms with Crippen LogP contribution in [0.1, 0.15) is 6.42 Å². The Balaban J connectivity index is 2.94. The van der Waals surface area contributed by atoms with Gasteiger partial charge in [-0.1, -0.05) is 15.9 Å². The topological polar surface area (TPSA) is 57.9 Å². The van der Waals surface area contributed by atoms with Crippen LogP contribution < -0.4 is 0 Å². The average Bonchev–Trinajstić information content (AvgIpc) is 2.16. The first-order valence-corrected chi connectivity index (χ1v) is 6.36. The first-order chi connectivity index (χ1) is 6.56. The van der Waals surface area contributed by atoms with E-state index in [1.165, 1.54) is 12.1 Å². The maximum atomic E-state index is 11.5. The molecule has 0 radical (unpaired) electrons. The summed E-state index contributed by atoms with van der Waals surface area (Å²) in [5, 5.41) is 8.30. The number of hydrogen-bond acceptors (Lipinski definition) is 3. The van der Waals surface area contributed by atoms with E-state index in [4.69, 9.17) is 5.26 Å². The molecule has 74 valence electrons. The number of benzene rings is 1. The number of halogens is 1. The van der Waals surface area contributed by atoms with E-state index < -0.39 is 9.84 Å². The Labute approximate surface area is 91.4 Å². The number of rotatable bonds is 3. The van der Waals surface area contributed by atoms with Gasteiger partial charge in [-0.2, -0.15) is 5.26 Å². The van der Waals surface area contributed by atoms with E-state index >= 15 is 0 Å². The minimum absolute atomic E-state index is 0.0262. The van der Waals surface area contributed by atoms with E-state index in [2.05, 4.69) is 15.9 Å². The molecule has 0 spiro atoms. The fourth-order valence-corrected chi connectivity index (χ4v) is 2.35. The molecule has 0 aromatic heterocycles. The van der Waals surface area contributed by atoms with Gasteiger partial charge in [0.25, 0.3) is 0 Å². The normalized spacial score (nSPS) is 10.9. The van der Waals surface area contributed by atoms with E-state index in [9.17, 15) is 8.42 Å². The van der Waals surface area contributed by atoms with Gasteiger partial charge in [-0.3, -0.25) is 0 Å². The average molecular weight is 274 g/mol. The minimum Gasteiger partial charge on any atom is -0.224 e. The molecule has 1 aromatic carbocycles. The van der Waals surface area contributed by atoms with E-state index in [0.29, 0.717) is 0 Å². The predicted molar refractivity (Wildman–Crippen MR) is 56.4 cm³/mol. The van der Waals surface area contributed by atoms with Crippen LogP contribution in [0.2, 0.25) is 0 Å². The van der Waals surface area contributed by atoms with Crippen LogP contribution >= 0.6 is 15.9 Å². The van der Waals surface area contributed by atoms with Gasteiger partial charge in [-0.15, -0.1) is 0 Å². The molecule has 0 bridgehead atoms. The Morgan fingerprint density at radius 1 is 1.29 bits per heavy atom. The Morgan fingerprint density at radius 3 is 2.36 bits per heavy atom. The summed E-state index contributed by atoms with van der Waals surface area (Å²) >= 11 is 3.22. The molecule has 0 amide bonds. The molecular weight excluding hydrogens is 266 g/mol. The molecule has 0 aliphatic rings. The standard InChI is InChI=1S/C9H8BrNO2S/c10-8-2-4-9(5-3-8)14(12,13)7-1-6-11/h2-5H,1,7H2. The summed E-state index contributed by atoms with van der Waals surface area (Å²) in [6.45, 7) is 0. The molecule has 0 saturated carbocycles. The molecule has 1 aromatic rings. The predicted octanol–water partition coefficient (Wildman–Crippen LogP) is 2.14. The largest absolute Gasteiger partial charge is 0.224 e. The maximum absolute atomic E-state index is 11.5. The third-order valence-electron chi connectivity index (χ3n) is 1.66. The molecule has 5 heteroatoms. The van der Waals surface area contributed by atoms with Gasteiger partial charge in [-0.25, -0.2) is 8.42 Å². The lowest BCUT2D eigenvalue weighted by atomic mass is 10.4. The van der Waals surface area contributed by atoms with Gasteiger partial charge in [0.15, 0.2) is 9.84 Å². The van der Waals surface area contributed by atoms with Crippen molar-refractivity contribution in [2.24, 2.45) is 0 Å². The molecule has 0 heterocycles.